The van der Waals surface area contributed by atoms with Crippen LogP contribution in [0, 0.1) is 12.8 Å². The summed E-state index contributed by atoms with van der Waals surface area (Å²) in [6.45, 7) is 18.4. The zero-order valence-corrected chi connectivity index (χ0v) is 30.6. The second-order valence-electron chi connectivity index (χ2n) is 13.8. The molecule has 1 heteroatoms. The van der Waals surface area contributed by atoms with Crippen molar-refractivity contribution in [2.75, 3.05) is 4.90 Å². The molecule has 4 aromatic rings. The van der Waals surface area contributed by atoms with Gasteiger partial charge in [0.25, 0.3) is 0 Å². The molecule has 1 aliphatic heterocycles. The molecule has 4 aromatic carbocycles. The van der Waals surface area contributed by atoms with Gasteiger partial charge in [0.05, 0.1) is 6.04 Å². The van der Waals surface area contributed by atoms with Crippen LogP contribution in [-0.4, -0.2) is 6.04 Å². The van der Waals surface area contributed by atoms with E-state index in [1.807, 2.05) is 30.4 Å². The highest BCUT2D eigenvalue weighted by Crippen LogP contribution is 2.50. The van der Waals surface area contributed by atoms with Crippen LogP contribution in [0.3, 0.4) is 0 Å². The fourth-order valence-electron chi connectivity index (χ4n) is 8.26. The number of nitrogens with zero attached hydrogens (tertiary/aromatic N) is 1. The average molecular weight is 674 g/mol. The maximum atomic E-state index is 4.05. The largest absolute Gasteiger partial charge is 0.333 e. The summed E-state index contributed by atoms with van der Waals surface area (Å²) < 4.78 is 0. The van der Waals surface area contributed by atoms with Crippen molar-refractivity contribution in [2.24, 2.45) is 5.92 Å². The van der Waals surface area contributed by atoms with Crippen LogP contribution in [0.5, 0.6) is 0 Å². The summed E-state index contributed by atoms with van der Waals surface area (Å²) in [6.07, 6.45) is 33.5. The van der Waals surface area contributed by atoms with Crippen molar-refractivity contribution in [3.05, 3.63) is 209 Å². The molecule has 2 aliphatic carbocycles. The maximum absolute atomic E-state index is 4.05. The van der Waals surface area contributed by atoms with E-state index in [-0.39, 0.29) is 12.0 Å². The highest BCUT2D eigenvalue weighted by Gasteiger charge is 2.39. The molecule has 0 radical (unpaired) electrons. The molecule has 0 spiro atoms. The number of hydrogen-bond donors (Lipinski definition) is 0. The second-order valence-corrected chi connectivity index (χ2v) is 13.8. The minimum Gasteiger partial charge on any atom is -0.333 e. The van der Waals surface area contributed by atoms with E-state index in [9.17, 15) is 0 Å². The Balaban J connectivity index is 1.30. The molecule has 7 rings (SSSR count). The van der Waals surface area contributed by atoms with Crippen molar-refractivity contribution in [3.63, 3.8) is 0 Å². The fourth-order valence-corrected chi connectivity index (χ4v) is 8.26. The number of para-hydroxylation sites is 1. The first-order valence-corrected chi connectivity index (χ1v) is 18.3. The van der Waals surface area contributed by atoms with Gasteiger partial charge in [0.15, 0.2) is 0 Å². The zero-order valence-electron chi connectivity index (χ0n) is 30.6. The molecule has 0 amide bonds. The van der Waals surface area contributed by atoms with Crippen LogP contribution >= 0.6 is 0 Å². The molecule has 3 atom stereocenters. The van der Waals surface area contributed by atoms with Crippen LogP contribution in [-0.2, 0) is 6.42 Å². The fraction of sp³-hybridized carbons (Fsp3) is 0.137. The van der Waals surface area contributed by atoms with Gasteiger partial charge in [-0.25, -0.2) is 0 Å². The number of allylic oxidation sites excluding steroid dienone is 11. The zero-order chi connectivity index (χ0) is 36.2. The van der Waals surface area contributed by atoms with Gasteiger partial charge in [0.2, 0.25) is 0 Å². The number of rotatable bonds is 9. The molecular weight excluding hydrogens is 627 g/mol. The molecule has 256 valence electrons. The van der Waals surface area contributed by atoms with Crippen LogP contribution in [0.25, 0.3) is 41.0 Å². The van der Waals surface area contributed by atoms with Crippen LogP contribution in [0.1, 0.15) is 53.1 Å². The average Bonchev–Trinajstić information content (AvgIpc) is 3.52. The summed E-state index contributed by atoms with van der Waals surface area (Å²) in [5.41, 5.74) is 15.4. The third kappa shape index (κ3) is 6.40. The molecule has 1 nitrogen and oxygen atoms in total. The van der Waals surface area contributed by atoms with Crippen LogP contribution in [0.2, 0.25) is 0 Å². The SMILES string of the molecule is C=C/C=C\C=C(/C)c1cc(-c2ccccc2)cc(N2c3ccccc3[C@H]3C=C(C4C=Cc5c(c(C)c(/C=C\C=C)c(=C/C)/c5=C\C=C)C4)C=CC32)c1. The van der Waals surface area contributed by atoms with Crippen molar-refractivity contribution in [3.8, 4) is 11.1 Å². The van der Waals surface area contributed by atoms with E-state index < -0.39 is 0 Å². The Morgan fingerprint density at radius 1 is 0.808 bits per heavy atom. The lowest BCUT2D eigenvalue weighted by atomic mass is 9.77. The predicted octanol–water partition coefficient (Wildman–Crippen LogP) is 11.8. The first kappa shape index (κ1) is 34.5. The van der Waals surface area contributed by atoms with E-state index in [0.717, 1.165) is 6.42 Å². The van der Waals surface area contributed by atoms with Crippen molar-refractivity contribution in [2.45, 2.75) is 39.2 Å². The Labute approximate surface area is 310 Å². The van der Waals surface area contributed by atoms with Crippen molar-refractivity contribution < 1.29 is 0 Å². The van der Waals surface area contributed by atoms with Crippen LogP contribution < -0.4 is 15.3 Å². The second kappa shape index (κ2) is 15.1. The topological polar surface area (TPSA) is 3.24 Å². The molecule has 3 aliphatic rings. The van der Waals surface area contributed by atoms with Crippen LogP contribution in [0.4, 0.5) is 11.4 Å². The monoisotopic (exact) mass is 673 g/mol. The summed E-state index contributed by atoms with van der Waals surface area (Å²) in [6, 6.07) is 26.9. The van der Waals surface area contributed by atoms with Gasteiger partial charge in [-0.05, 0) is 118 Å². The quantitative estimate of drug-likeness (QED) is 0.160. The Kier molecular flexibility index (Phi) is 10.0. The number of hydrogen-bond acceptors (Lipinski definition) is 1. The summed E-state index contributed by atoms with van der Waals surface area (Å²) in [5.74, 6) is 0.536. The molecule has 1 heterocycles. The Hall–Kier alpha value is -5.92. The Morgan fingerprint density at radius 2 is 1.60 bits per heavy atom. The van der Waals surface area contributed by atoms with E-state index in [1.165, 1.54) is 77.5 Å². The van der Waals surface area contributed by atoms with Crippen molar-refractivity contribution >= 4 is 41.3 Å². The van der Waals surface area contributed by atoms with Gasteiger partial charge in [-0.3, -0.25) is 0 Å². The third-order valence-corrected chi connectivity index (χ3v) is 10.8. The molecule has 0 N–H and O–H groups in total. The highest BCUT2D eigenvalue weighted by atomic mass is 15.2. The van der Waals surface area contributed by atoms with E-state index in [4.69, 9.17) is 0 Å². The predicted molar refractivity (Wildman–Crippen MR) is 228 cm³/mol. The molecule has 0 fully saturated rings. The van der Waals surface area contributed by atoms with Gasteiger partial charge >= 0.3 is 0 Å². The standard InChI is InChI=1S/C51H47N/c1-7-11-14-20-35(5)40-30-41(37-21-15-13-16-22-37)32-42(31-40)52-50-25-18-17-24-47(50)49-34-39(27-29-51(49)52)38-26-28-46-45(19-9-3)43(10-4)44(23-12-8-2)36(6)48(46)33-38/h7-32,34,38,49,51H,1-3,33H2,4-6H3/b14-11-,23-12-,35-20+,43-10-,45-19+/t38?,49-,51?/m1/s1. The molecule has 0 saturated carbocycles. The van der Waals surface area contributed by atoms with Crippen LogP contribution in [0.15, 0.2) is 165 Å². The molecular formula is C51H47N. The number of fused-ring (bicyclic) bond motifs is 4. The van der Waals surface area contributed by atoms with Crippen molar-refractivity contribution in [1.82, 2.24) is 0 Å². The van der Waals surface area contributed by atoms with E-state index in [1.54, 1.807) is 0 Å². The van der Waals surface area contributed by atoms with E-state index >= 15 is 0 Å². The summed E-state index contributed by atoms with van der Waals surface area (Å²) in [5, 5.41) is 2.49. The van der Waals surface area contributed by atoms with Crippen molar-refractivity contribution in [1.29, 1.82) is 0 Å². The Bertz CT molecular complexity index is 2370. The van der Waals surface area contributed by atoms with Gasteiger partial charge in [-0.2, -0.15) is 0 Å². The number of benzene rings is 4. The molecule has 0 aromatic heterocycles. The van der Waals surface area contributed by atoms with Gasteiger partial charge in [0.1, 0.15) is 0 Å². The van der Waals surface area contributed by atoms with E-state index in [0.29, 0.717) is 5.92 Å². The lowest BCUT2D eigenvalue weighted by molar-refractivity contribution is 0.695. The molecule has 2 unspecified atom stereocenters. The minimum absolute atomic E-state index is 0.179. The summed E-state index contributed by atoms with van der Waals surface area (Å²) >= 11 is 0. The summed E-state index contributed by atoms with van der Waals surface area (Å²) in [7, 11) is 0. The molecule has 52 heavy (non-hydrogen) atoms. The number of anilines is 2. The van der Waals surface area contributed by atoms with Gasteiger partial charge in [-0.1, -0.05) is 159 Å². The highest BCUT2D eigenvalue weighted by molar-refractivity contribution is 5.83. The summed E-state index contributed by atoms with van der Waals surface area (Å²) in [4.78, 5) is 2.56. The first-order valence-electron chi connectivity index (χ1n) is 18.3. The molecule has 0 bridgehead atoms. The van der Waals surface area contributed by atoms with Gasteiger partial charge in [-0.15, -0.1) is 0 Å². The van der Waals surface area contributed by atoms with Gasteiger partial charge < -0.3 is 4.90 Å². The third-order valence-electron chi connectivity index (χ3n) is 10.8. The van der Waals surface area contributed by atoms with Gasteiger partial charge in [0, 0.05) is 23.2 Å². The van der Waals surface area contributed by atoms with E-state index in [2.05, 4.69) is 179 Å². The lowest BCUT2D eigenvalue weighted by Crippen LogP contribution is -2.34. The Morgan fingerprint density at radius 3 is 2.37 bits per heavy atom. The normalized spacial score (nSPS) is 19.9. The minimum atomic E-state index is 0.179. The first-order chi connectivity index (χ1) is 25.5. The maximum Gasteiger partial charge on any atom is 0.0629 e. The molecule has 0 saturated heterocycles. The lowest BCUT2D eigenvalue weighted by Gasteiger charge is -2.32. The smallest absolute Gasteiger partial charge is 0.0629 e.